The third kappa shape index (κ3) is 4.22. The van der Waals surface area contributed by atoms with Crippen LogP contribution in [0.25, 0.3) is 6.08 Å². The van der Waals surface area contributed by atoms with Gasteiger partial charge in [0.25, 0.3) is 0 Å². The van der Waals surface area contributed by atoms with Crippen molar-refractivity contribution in [1.29, 1.82) is 0 Å². The summed E-state index contributed by atoms with van der Waals surface area (Å²) in [6, 6.07) is 8.26. The second-order valence-electron chi connectivity index (χ2n) is 5.83. The van der Waals surface area contributed by atoms with E-state index >= 15 is 0 Å². The average Bonchev–Trinajstić information content (AvgIpc) is 2.47. The summed E-state index contributed by atoms with van der Waals surface area (Å²) >= 11 is 0. The van der Waals surface area contributed by atoms with Crippen LogP contribution in [0, 0.1) is 5.92 Å². The third-order valence-corrected chi connectivity index (χ3v) is 4.36. The summed E-state index contributed by atoms with van der Waals surface area (Å²) < 4.78 is 0. The molecule has 1 aromatic carbocycles. The van der Waals surface area contributed by atoms with E-state index in [-0.39, 0.29) is 0 Å². The van der Waals surface area contributed by atoms with Crippen LogP contribution >= 0.6 is 0 Å². The fourth-order valence-electron chi connectivity index (χ4n) is 3.24. The number of carboxylic acid groups (broad SMARTS) is 1. The lowest BCUT2D eigenvalue weighted by molar-refractivity contribution is -0.297. The lowest BCUT2D eigenvalue weighted by Crippen LogP contribution is -2.18. The van der Waals surface area contributed by atoms with Gasteiger partial charge in [-0.2, -0.15) is 0 Å². The Morgan fingerprint density at radius 1 is 1.20 bits per heavy atom. The van der Waals surface area contributed by atoms with Crippen LogP contribution < -0.4 is 5.11 Å². The molecule has 0 saturated heterocycles. The van der Waals surface area contributed by atoms with E-state index in [1.54, 1.807) is 6.08 Å². The first kappa shape index (κ1) is 14.8. The van der Waals surface area contributed by atoms with Gasteiger partial charge in [0.1, 0.15) is 0 Å². The highest BCUT2D eigenvalue weighted by Gasteiger charge is 2.21. The summed E-state index contributed by atoms with van der Waals surface area (Å²) in [6.45, 7) is 2.27. The topological polar surface area (TPSA) is 40.1 Å². The molecular weight excluding hydrogens is 248 g/mol. The van der Waals surface area contributed by atoms with Crippen LogP contribution in [-0.2, 0) is 4.79 Å². The number of carbonyl (C=O) groups excluding carboxylic acids is 1. The van der Waals surface area contributed by atoms with E-state index in [0.29, 0.717) is 5.92 Å². The summed E-state index contributed by atoms with van der Waals surface area (Å²) in [5.41, 5.74) is 2.31. The maximum Gasteiger partial charge on any atom is 0.0643 e. The molecule has 2 heteroatoms. The van der Waals surface area contributed by atoms with E-state index in [0.717, 1.165) is 17.6 Å². The molecule has 1 aromatic rings. The quantitative estimate of drug-likeness (QED) is 0.769. The Morgan fingerprint density at radius 3 is 2.40 bits per heavy atom. The second-order valence-corrected chi connectivity index (χ2v) is 5.83. The van der Waals surface area contributed by atoms with Gasteiger partial charge in [-0.25, -0.2) is 0 Å². The van der Waals surface area contributed by atoms with E-state index in [4.69, 9.17) is 0 Å². The fourth-order valence-corrected chi connectivity index (χ4v) is 3.24. The molecule has 1 aliphatic rings. The van der Waals surface area contributed by atoms with Crippen LogP contribution in [-0.4, -0.2) is 5.97 Å². The second kappa shape index (κ2) is 7.28. The zero-order chi connectivity index (χ0) is 14.4. The van der Waals surface area contributed by atoms with Gasteiger partial charge in [0, 0.05) is 0 Å². The van der Waals surface area contributed by atoms with Gasteiger partial charge in [-0.1, -0.05) is 50.1 Å². The minimum Gasteiger partial charge on any atom is -0.545 e. The normalized spacial score (nSPS) is 23.1. The molecular formula is C18H23O2-. The molecule has 0 heterocycles. The number of aliphatic carboxylic acids is 1. The highest BCUT2D eigenvalue weighted by atomic mass is 16.4. The predicted molar refractivity (Wildman–Crippen MR) is 80.1 cm³/mol. The average molecular weight is 271 g/mol. The molecule has 1 saturated carbocycles. The molecule has 2 rings (SSSR count). The highest BCUT2D eigenvalue weighted by Crippen LogP contribution is 2.37. The zero-order valence-electron chi connectivity index (χ0n) is 12.2. The van der Waals surface area contributed by atoms with Crippen molar-refractivity contribution in [3.05, 3.63) is 41.5 Å². The fraction of sp³-hybridized carbons (Fsp3) is 0.500. The SMILES string of the molecule is CCCC1CCC(c2ccc(/C=C/C(=O)[O-])cc2)CC1. The van der Waals surface area contributed by atoms with E-state index < -0.39 is 5.97 Å². The van der Waals surface area contributed by atoms with E-state index in [1.807, 2.05) is 12.1 Å². The Hall–Kier alpha value is -1.57. The van der Waals surface area contributed by atoms with Gasteiger partial charge in [-0.05, 0) is 54.7 Å². The van der Waals surface area contributed by atoms with Crippen LogP contribution in [0.4, 0.5) is 0 Å². The lowest BCUT2D eigenvalue weighted by Gasteiger charge is -2.28. The van der Waals surface area contributed by atoms with Crippen LogP contribution in [0.3, 0.4) is 0 Å². The maximum atomic E-state index is 10.4. The molecule has 0 atom stereocenters. The van der Waals surface area contributed by atoms with Crippen LogP contribution in [0.5, 0.6) is 0 Å². The van der Waals surface area contributed by atoms with Crippen molar-refractivity contribution in [3.63, 3.8) is 0 Å². The Balaban J connectivity index is 1.92. The minimum atomic E-state index is -1.15. The number of carboxylic acids is 1. The summed E-state index contributed by atoms with van der Waals surface area (Å²) in [7, 11) is 0. The van der Waals surface area contributed by atoms with E-state index in [2.05, 4.69) is 19.1 Å². The van der Waals surface area contributed by atoms with Crippen LogP contribution in [0.15, 0.2) is 30.3 Å². The largest absolute Gasteiger partial charge is 0.545 e. The van der Waals surface area contributed by atoms with E-state index in [9.17, 15) is 9.90 Å². The van der Waals surface area contributed by atoms with Gasteiger partial charge in [0.2, 0.25) is 0 Å². The number of carbonyl (C=O) groups is 1. The van der Waals surface area contributed by atoms with Crippen molar-refractivity contribution in [1.82, 2.24) is 0 Å². The molecule has 2 nitrogen and oxygen atoms in total. The molecule has 0 aromatic heterocycles. The van der Waals surface area contributed by atoms with Crippen LogP contribution in [0.1, 0.15) is 62.5 Å². The number of benzene rings is 1. The summed E-state index contributed by atoms with van der Waals surface area (Å²) in [6.07, 6.45) is 10.6. The molecule has 0 aliphatic heterocycles. The van der Waals surface area contributed by atoms with E-state index in [1.165, 1.54) is 44.1 Å². The number of hydrogen-bond donors (Lipinski definition) is 0. The summed E-state index contributed by atoms with van der Waals surface area (Å²) in [5.74, 6) is 0.465. The number of rotatable bonds is 5. The molecule has 0 bridgehead atoms. The van der Waals surface area contributed by atoms with Gasteiger partial charge in [-0.15, -0.1) is 0 Å². The number of hydrogen-bond acceptors (Lipinski definition) is 2. The first-order valence-corrected chi connectivity index (χ1v) is 7.68. The molecule has 0 unspecified atom stereocenters. The molecule has 20 heavy (non-hydrogen) atoms. The smallest absolute Gasteiger partial charge is 0.0643 e. The summed E-state index contributed by atoms with van der Waals surface area (Å²) in [4.78, 5) is 10.4. The van der Waals surface area contributed by atoms with Gasteiger partial charge in [0.05, 0.1) is 5.97 Å². The van der Waals surface area contributed by atoms with Crippen molar-refractivity contribution < 1.29 is 9.90 Å². The Kier molecular flexibility index (Phi) is 5.40. The van der Waals surface area contributed by atoms with Gasteiger partial charge >= 0.3 is 0 Å². The van der Waals surface area contributed by atoms with Crippen molar-refractivity contribution in [2.75, 3.05) is 0 Å². The highest BCUT2D eigenvalue weighted by molar-refractivity contribution is 5.83. The molecule has 0 radical (unpaired) electrons. The first-order valence-electron chi connectivity index (χ1n) is 7.68. The van der Waals surface area contributed by atoms with Gasteiger partial charge in [-0.3, -0.25) is 0 Å². The molecule has 0 spiro atoms. The molecule has 1 aliphatic carbocycles. The minimum absolute atomic E-state index is 0.683. The maximum absolute atomic E-state index is 10.4. The summed E-state index contributed by atoms with van der Waals surface area (Å²) in [5, 5.41) is 10.4. The Morgan fingerprint density at radius 2 is 1.85 bits per heavy atom. The molecule has 0 amide bonds. The Labute approximate surface area is 121 Å². The van der Waals surface area contributed by atoms with Gasteiger partial charge < -0.3 is 9.90 Å². The standard InChI is InChI=1S/C18H24O2/c1-2-3-14-4-9-16(10-5-14)17-11-6-15(7-12-17)8-13-18(19)20/h6-8,11-14,16H,2-5,9-10H2,1H3,(H,19,20)/p-1/b13-8+. The predicted octanol–water partition coefficient (Wildman–Crippen LogP) is 3.52. The molecule has 108 valence electrons. The first-order chi connectivity index (χ1) is 9.69. The monoisotopic (exact) mass is 271 g/mol. The lowest BCUT2D eigenvalue weighted by atomic mass is 9.77. The molecule has 1 fully saturated rings. The third-order valence-electron chi connectivity index (χ3n) is 4.36. The zero-order valence-corrected chi connectivity index (χ0v) is 12.2. The van der Waals surface area contributed by atoms with Crippen molar-refractivity contribution in [2.24, 2.45) is 5.92 Å². The van der Waals surface area contributed by atoms with Crippen molar-refractivity contribution in [3.8, 4) is 0 Å². The van der Waals surface area contributed by atoms with Gasteiger partial charge in [0.15, 0.2) is 0 Å². The van der Waals surface area contributed by atoms with Crippen molar-refractivity contribution in [2.45, 2.75) is 51.4 Å². The van der Waals surface area contributed by atoms with Crippen LogP contribution in [0.2, 0.25) is 0 Å². The molecule has 0 N–H and O–H groups in total. The van der Waals surface area contributed by atoms with Crippen molar-refractivity contribution >= 4 is 12.0 Å². The Bertz CT molecular complexity index is 451.